The monoisotopic (exact) mass is 280 g/mol. The van der Waals surface area contributed by atoms with Crippen molar-refractivity contribution in [3.05, 3.63) is 0 Å². The van der Waals surface area contributed by atoms with Crippen LogP contribution < -0.4 is 11.1 Å². The number of hydrogen-bond acceptors (Lipinski definition) is 3. The molecule has 0 aromatic rings. The van der Waals surface area contributed by atoms with Gasteiger partial charge in [0, 0.05) is 18.9 Å². The third kappa shape index (κ3) is 5.10. The van der Waals surface area contributed by atoms with Crippen LogP contribution >= 0.6 is 0 Å². The summed E-state index contributed by atoms with van der Waals surface area (Å²) in [6.07, 6.45) is -2.13. The van der Waals surface area contributed by atoms with Crippen molar-refractivity contribution in [1.82, 2.24) is 5.32 Å². The number of nitrogens with two attached hydrogens (primary N) is 1. The molecule has 0 aliphatic heterocycles. The molecule has 0 saturated heterocycles. The van der Waals surface area contributed by atoms with Gasteiger partial charge in [-0.05, 0) is 12.3 Å². The quantitative estimate of drug-likeness (QED) is 0.609. The summed E-state index contributed by atoms with van der Waals surface area (Å²) in [6.45, 7) is 4.98. The van der Waals surface area contributed by atoms with E-state index in [0.717, 1.165) is 0 Å². The van der Waals surface area contributed by atoms with E-state index >= 15 is 0 Å². The van der Waals surface area contributed by atoms with Gasteiger partial charge in [0.05, 0.1) is 0 Å². The predicted octanol–water partition coefficient (Wildman–Crippen LogP) is 0.656. The van der Waals surface area contributed by atoms with Gasteiger partial charge in [-0.15, -0.1) is 0 Å². The lowest BCUT2D eigenvalue weighted by molar-refractivity contribution is -0.173. The number of hydrogen-bond donors (Lipinski definition) is 3. The number of carbonyl (C=O) groups is 2. The van der Waals surface area contributed by atoms with E-state index in [1.54, 1.807) is 20.8 Å². The van der Waals surface area contributed by atoms with Crippen LogP contribution in [-0.4, -0.2) is 35.5 Å². The number of amides is 2. The van der Waals surface area contributed by atoms with E-state index in [1.807, 2.05) is 5.32 Å². The number of carbonyl (C=O) groups excluding carboxylic acids is 2. The lowest BCUT2D eigenvalue weighted by Crippen LogP contribution is -2.52. The van der Waals surface area contributed by atoms with Gasteiger partial charge in [0.25, 0.3) is 5.91 Å². The Morgan fingerprint density at radius 3 is 2.26 bits per heavy atom. The van der Waals surface area contributed by atoms with Crippen molar-refractivity contribution in [3.63, 3.8) is 0 Å². The molecule has 0 rings (SSSR count). The third-order valence-electron chi connectivity index (χ3n) is 2.91. The van der Waals surface area contributed by atoms with E-state index < -0.39 is 42.1 Å². The van der Waals surface area contributed by atoms with Crippen LogP contribution in [0, 0.1) is 11.8 Å². The van der Waals surface area contributed by atoms with Gasteiger partial charge in [0.2, 0.25) is 5.91 Å². The lowest BCUT2D eigenvalue weighted by Gasteiger charge is -2.30. The molecule has 4 N–H and O–H groups in total. The van der Waals surface area contributed by atoms with Crippen LogP contribution in [0.2, 0.25) is 0 Å². The summed E-state index contributed by atoms with van der Waals surface area (Å²) < 4.78 is 27.6. The first-order valence-electron chi connectivity index (χ1n) is 6.27. The molecule has 0 spiro atoms. The first-order chi connectivity index (χ1) is 8.64. The fourth-order valence-corrected chi connectivity index (χ4v) is 1.70. The Labute approximate surface area is 111 Å². The molecule has 0 aliphatic rings. The van der Waals surface area contributed by atoms with Gasteiger partial charge in [-0.1, -0.05) is 20.8 Å². The maximum atomic E-state index is 13.8. The van der Waals surface area contributed by atoms with Crippen LogP contribution in [0.25, 0.3) is 0 Å². The van der Waals surface area contributed by atoms with Gasteiger partial charge >= 0.3 is 5.92 Å². The van der Waals surface area contributed by atoms with Crippen molar-refractivity contribution < 1.29 is 23.5 Å². The Balaban J connectivity index is 4.94. The summed E-state index contributed by atoms with van der Waals surface area (Å²) >= 11 is 0. The number of halogens is 2. The standard InChI is InChI=1S/C12H22F2N2O3/c1-4-5-16-11(19)12(13,14)10(18)8(7(2)3)6-9(15)17/h7-8,10,18H,4-6H2,1-3H3,(H2,15,17)(H,16,19). The minimum absolute atomic E-state index is 0.101. The predicted molar refractivity (Wildman–Crippen MR) is 66.4 cm³/mol. The molecule has 0 aromatic heterocycles. The number of aliphatic hydroxyl groups is 1. The fraction of sp³-hybridized carbons (Fsp3) is 0.833. The average molecular weight is 280 g/mol. The molecule has 2 atom stereocenters. The minimum Gasteiger partial charge on any atom is -0.386 e. The van der Waals surface area contributed by atoms with E-state index in [0.29, 0.717) is 6.42 Å². The minimum atomic E-state index is -3.94. The lowest BCUT2D eigenvalue weighted by atomic mass is 9.84. The molecule has 7 heteroatoms. The van der Waals surface area contributed by atoms with Gasteiger partial charge in [0.1, 0.15) is 6.10 Å². The van der Waals surface area contributed by atoms with Crippen molar-refractivity contribution in [1.29, 1.82) is 0 Å². The highest BCUT2D eigenvalue weighted by molar-refractivity contribution is 5.84. The maximum absolute atomic E-state index is 13.8. The highest BCUT2D eigenvalue weighted by atomic mass is 19.3. The molecule has 0 bridgehead atoms. The Kier molecular flexibility index (Phi) is 6.89. The van der Waals surface area contributed by atoms with Crippen LogP contribution in [0.4, 0.5) is 8.78 Å². The third-order valence-corrected chi connectivity index (χ3v) is 2.91. The molecular weight excluding hydrogens is 258 g/mol. The van der Waals surface area contributed by atoms with Crippen molar-refractivity contribution in [2.45, 2.75) is 45.6 Å². The van der Waals surface area contributed by atoms with E-state index in [9.17, 15) is 23.5 Å². The van der Waals surface area contributed by atoms with Crippen LogP contribution in [0.1, 0.15) is 33.6 Å². The van der Waals surface area contributed by atoms with Crippen molar-refractivity contribution in [3.8, 4) is 0 Å². The van der Waals surface area contributed by atoms with Crippen molar-refractivity contribution in [2.75, 3.05) is 6.54 Å². The summed E-state index contributed by atoms with van der Waals surface area (Å²) in [5.41, 5.74) is 4.97. The van der Waals surface area contributed by atoms with Crippen molar-refractivity contribution >= 4 is 11.8 Å². The van der Waals surface area contributed by atoms with Crippen LogP contribution in [0.5, 0.6) is 0 Å². The molecular formula is C12H22F2N2O3. The van der Waals surface area contributed by atoms with Crippen LogP contribution in [-0.2, 0) is 9.59 Å². The van der Waals surface area contributed by atoms with E-state index in [2.05, 4.69) is 0 Å². The Hall–Kier alpha value is -1.24. The zero-order valence-corrected chi connectivity index (χ0v) is 11.5. The maximum Gasteiger partial charge on any atom is 0.349 e. The van der Waals surface area contributed by atoms with Crippen molar-refractivity contribution in [2.24, 2.45) is 17.6 Å². The molecule has 0 radical (unpaired) electrons. The Bertz CT molecular complexity index is 322. The molecule has 0 aromatic carbocycles. The topological polar surface area (TPSA) is 92.4 Å². The number of alkyl halides is 2. The molecule has 0 fully saturated rings. The Morgan fingerprint density at radius 2 is 1.89 bits per heavy atom. The van der Waals surface area contributed by atoms with Gasteiger partial charge in [-0.25, -0.2) is 0 Å². The molecule has 0 heterocycles. The van der Waals surface area contributed by atoms with Gasteiger partial charge in [-0.2, -0.15) is 8.78 Å². The molecule has 0 aliphatic carbocycles. The van der Waals surface area contributed by atoms with Gasteiger partial charge in [0.15, 0.2) is 0 Å². The SMILES string of the molecule is CCCNC(=O)C(F)(F)C(O)C(CC(N)=O)C(C)C. The van der Waals surface area contributed by atoms with Gasteiger partial charge < -0.3 is 16.2 Å². The summed E-state index contributed by atoms with van der Waals surface area (Å²) in [5.74, 6) is -7.74. The number of nitrogens with one attached hydrogen (secondary N) is 1. The zero-order valence-electron chi connectivity index (χ0n) is 11.5. The Morgan fingerprint density at radius 1 is 1.37 bits per heavy atom. The van der Waals surface area contributed by atoms with E-state index in [4.69, 9.17) is 5.73 Å². The molecule has 5 nitrogen and oxygen atoms in total. The van der Waals surface area contributed by atoms with Gasteiger partial charge in [-0.3, -0.25) is 9.59 Å². The molecule has 112 valence electrons. The van der Waals surface area contributed by atoms with Crippen LogP contribution in [0.3, 0.4) is 0 Å². The normalized spacial score (nSPS) is 15.1. The second-order valence-corrected chi connectivity index (χ2v) is 4.90. The smallest absolute Gasteiger partial charge is 0.349 e. The summed E-state index contributed by atoms with van der Waals surface area (Å²) in [5, 5.41) is 11.7. The molecule has 2 amide bonds. The molecule has 2 unspecified atom stereocenters. The van der Waals surface area contributed by atoms with E-state index in [-0.39, 0.29) is 6.54 Å². The first-order valence-corrected chi connectivity index (χ1v) is 6.27. The van der Waals surface area contributed by atoms with E-state index in [1.165, 1.54) is 0 Å². The summed E-state index contributed by atoms with van der Waals surface area (Å²) in [4.78, 5) is 22.2. The number of rotatable bonds is 8. The highest BCUT2D eigenvalue weighted by Gasteiger charge is 2.50. The fourth-order valence-electron chi connectivity index (χ4n) is 1.70. The largest absolute Gasteiger partial charge is 0.386 e. The number of primary amides is 1. The molecule has 0 saturated carbocycles. The average Bonchev–Trinajstić information content (AvgIpc) is 2.31. The second-order valence-electron chi connectivity index (χ2n) is 4.90. The summed E-state index contributed by atoms with van der Waals surface area (Å²) in [7, 11) is 0. The highest BCUT2D eigenvalue weighted by Crippen LogP contribution is 2.31. The zero-order chi connectivity index (χ0) is 15.2. The first kappa shape index (κ1) is 17.8. The van der Waals surface area contributed by atoms with Crippen LogP contribution in [0.15, 0.2) is 0 Å². The number of aliphatic hydroxyl groups excluding tert-OH is 1. The summed E-state index contributed by atoms with van der Waals surface area (Å²) in [6, 6.07) is 0. The molecule has 19 heavy (non-hydrogen) atoms. The second kappa shape index (κ2) is 7.37.